The zero-order valence-electron chi connectivity index (χ0n) is 6.67. The molecule has 1 aliphatic heterocycles. The highest BCUT2D eigenvalue weighted by molar-refractivity contribution is 5.72. The van der Waals surface area contributed by atoms with Gasteiger partial charge >= 0.3 is 5.97 Å². The van der Waals surface area contributed by atoms with Crippen LogP contribution < -0.4 is 0 Å². The van der Waals surface area contributed by atoms with E-state index in [0.29, 0.717) is 0 Å². The molecule has 1 saturated heterocycles. The van der Waals surface area contributed by atoms with Gasteiger partial charge in [0.15, 0.2) is 6.10 Å². The smallest absolute Gasteiger partial charge is 0.332 e. The molecule has 3 N–H and O–H groups in total. The number of ether oxygens (including phenoxy) is 1. The Morgan fingerprint density at radius 1 is 1.50 bits per heavy atom. The monoisotopic (exact) mass is 176 g/mol. The lowest BCUT2D eigenvalue weighted by atomic mass is 9.99. The van der Waals surface area contributed by atoms with Gasteiger partial charge in [0.2, 0.25) is 0 Å². The average Bonchev–Trinajstić information content (AvgIpc) is 1.99. The Hall–Kier alpha value is -0.650. The number of aliphatic carboxylic acids is 1. The van der Waals surface area contributed by atoms with E-state index in [2.05, 4.69) is 0 Å². The number of aliphatic hydroxyl groups excluding tert-OH is 2. The molecule has 1 rings (SSSR count). The fraction of sp³-hybridized carbons (Fsp3) is 0.857. The van der Waals surface area contributed by atoms with Crippen LogP contribution in [-0.2, 0) is 9.53 Å². The summed E-state index contributed by atoms with van der Waals surface area (Å²) >= 11 is 0. The SMILES string of the molecule is C[C@@H]1OC(C(=O)O)C[C@@H](O)C1O. The molecule has 0 amide bonds. The zero-order chi connectivity index (χ0) is 9.30. The molecule has 1 fully saturated rings. The first kappa shape index (κ1) is 9.44. The summed E-state index contributed by atoms with van der Waals surface area (Å²) in [6.07, 6.45) is -3.68. The fourth-order valence-electron chi connectivity index (χ4n) is 1.23. The van der Waals surface area contributed by atoms with Crippen LogP contribution >= 0.6 is 0 Å². The van der Waals surface area contributed by atoms with Crippen molar-refractivity contribution in [3.63, 3.8) is 0 Å². The van der Waals surface area contributed by atoms with E-state index in [1.54, 1.807) is 0 Å². The fourth-order valence-corrected chi connectivity index (χ4v) is 1.23. The predicted octanol–water partition coefficient (Wildman–Crippen LogP) is -1.03. The number of hydrogen-bond donors (Lipinski definition) is 3. The van der Waals surface area contributed by atoms with Gasteiger partial charge in [-0.3, -0.25) is 0 Å². The second kappa shape index (κ2) is 3.38. The summed E-state index contributed by atoms with van der Waals surface area (Å²) in [6.45, 7) is 1.53. The van der Waals surface area contributed by atoms with Crippen LogP contribution in [0.1, 0.15) is 13.3 Å². The van der Waals surface area contributed by atoms with Crippen LogP contribution in [0.25, 0.3) is 0 Å². The minimum absolute atomic E-state index is 0.0547. The second-order valence-corrected chi connectivity index (χ2v) is 2.96. The predicted molar refractivity (Wildman–Crippen MR) is 38.6 cm³/mol. The van der Waals surface area contributed by atoms with Gasteiger partial charge in [-0.05, 0) is 6.92 Å². The minimum atomic E-state index is -1.10. The van der Waals surface area contributed by atoms with E-state index < -0.39 is 30.4 Å². The Labute approximate surface area is 69.6 Å². The standard InChI is InChI=1S/C7H12O5/c1-3-6(9)4(8)2-5(12-3)7(10)11/h3-6,8-9H,2H2,1H3,(H,10,11)/t3-,4+,5?,6?/m0/s1. The lowest BCUT2D eigenvalue weighted by Gasteiger charge is -2.33. The van der Waals surface area contributed by atoms with Crippen LogP contribution in [0.4, 0.5) is 0 Å². The van der Waals surface area contributed by atoms with Crippen LogP contribution in [0.5, 0.6) is 0 Å². The maximum Gasteiger partial charge on any atom is 0.332 e. The number of carboxylic acid groups (broad SMARTS) is 1. The van der Waals surface area contributed by atoms with Gasteiger partial charge in [0.25, 0.3) is 0 Å². The van der Waals surface area contributed by atoms with Crippen molar-refractivity contribution in [3.8, 4) is 0 Å². The molecule has 0 aliphatic carbocycles. The van der Waals surface area contributed by atoms with Crippen LogP contribution in [0.2, 0.25) is 0 Å². The molecule has 0 spiro atoms. The van der Waals surface area contributed by atoms with E-state index in [-0.39, 0.29) is 6.42 Å². The van der Waals surface area contributed by atoms with Crippen molar-refractivity contribution in [1.82, 2.24) is 0 Å². The summed E-state index contributed by atoms with van der Waals surface area (Å²) in [4.78, 5) is 10.4. The molecule has 1 heterocycles. The van der Waals surface area contributed by atoms with Gasteiger partial charge in [-0.1, -0.05) is 0 Å². The second-order valence-electron chi connectivity index (χ2n) is 2.96. The zero-order valence-corrected chi connectivity index (χ0v) is 6.67. The molecule has 5 heteroatoms. The molecule has 70 valence electrons. The van der Waals surface area contributed by atoms with Crippen molar-refractivity contribution in [2.45, 2.75) is 37.8 Å². The molecule has 0 bridgehead atoms. The molecule has 0 saturated carbocycles. The number of hydrogen-bond acceptors (Lipinski definition) is 4. The first-order chi connectivity index (χ1) is 5.52. The van der Waals surface area contributed by atoms with Gasteiger partial charge in [0.1, 0.15) is 6.10 Å². The molecule has 0 aromatic heterocycles. The van der Waals surface area contributed by atoms with Crippen LogP contribution in [-0.4, -0.2) is 45.7 Å². The Morgan fingerprint density at radius 2 is 2.08 bits per heavy atom. The Balaban J connectivity index is 2.59. The van der Waals surface area contributed by atoms with Crippen molar-refractivity contribution < 1.29 is 24.9 Å². The third-order valence-corrected chi connectivity index (χ3v) is 1.99. The summed E-state index contributed by atoms with van der Waals surface area (Å²) in [5.41, 5.74) is 0. The topological polar surface area (TPSA) is 87.0 Å². The maximum absolute atomic E-state index is 10.4. The normalized spacial score (nSPS) is 42.6. The van der Waals surface area contributed by atoms with Crippen molar-refractivity contribution in [1.29, 1.82) is 0 Å². The van der Waals surface area contributed by atoms with E-state index in [1.807, 2.05) is 0 Å². The van der Waals surface area contributed by atoms with Crippen LogP contribution in [0.3, 0.4) is 0 Å². The van der Waals surface area contributed by atoms with Gasteiger partial charge in [-0.15, -0.1) is 0 Å². The summed E-state index contributed by atoms with van der Waals surface area (Å²) < 4.78 is 4.92. The molecule has 0 radical (unpaired) electrons. The largest absolute Gasteiger partial charge is 0.479 e. The average molecular weight is 176 g/mol. The van der Waals surface area contributed by atoms with Crippen LogP contribution in [0, 0.1) is 0 Å². The van der Waals surface area contributed by atoms with E-state index in [4.69, 9.17) is 9.84 Å². The Bertz CT molecular complexity index is 169. The van der Waals surface area contributed by atoms with Crippen molar-refractivity contribution in [2.75, 3.05) is 0 Å². The summed E-state index contributed by atoms with van der Waals surface area (Å²) in [7, 11) is 0. The lowest BCUT2D eigenvalue weighted by molar-refractivity contribution is -0.186. The molecule has 5 nitrogen and oxygen atoms in total. The van der Waals surface area contributed by atoms with E-state index in [9.17, 15) is 15.0 Å². The summed E-state index contributed by atoms with van der Waals surface area (Å²) in [6, 6.07) is 0. The number of rotatable bonds is 1. The highest BCUT2D eigenvalue weighted by Crippen LogP contribution is 2.19. The van der Waals surface area contributed by atoms with Gasteiger partial charge in [-0.25, -0.2) is 4.79 Å². The van der Waals surface area contributed by atoms with Crippen molar-refractivity contribution in [2.24, 2.45) is 0 Å². The van der Waals surface area contributed by atoms with Crippen molar-refractivity contribution >= 4 is 5.97 Å². The quantitative estimate of drug-likeness (QED) is 0.475. The molecular formula is C7H12O5. The van der Waals surface area contributed by atoms with Gasteiger partial charge in [0.05, 0.1) is 12.2 Å². The minimum Gasteiger partial charge on any atom is -0.479 e. The van der Waals surface area contributed by atoms with E-state index in [0.717, 1.165) is 0 Å². The molecule has 1 aliphatic rings. The first-order valence-electron chi connectivity index (χ1n) is 3.76. The molecule has 0 aromatic carbocycles. The molecule has 4 atom stereocenters. The van der Waals surface area contributed by atoms with Gasteiger partial charge in [-0.2, -0.15) is 0 Å². The third kappa shape index (κ3) is 1.74. The van der Waals surface area contributed by atoms with Gasteiger partial charge in [0, 0.05) is 6.42 Å². The highest BCUT2D eigenvalue weighted by atomic mass is 16.5. The summed E-state index contributed by atoms with van der Waals surface area (Å²) in [5.74, 6) is -1.10. The molecule has 2 unspecified atom stereocenters. The van der Waals surface area contributed by atoms with Crippen LogP contribution in [0.15, 0.2) is 0 Å². The Morgan fingerprint density at radius 3 is 2.50 bits per heavy atom. The number of carboxylic acids is 1. The maximum atomic E-state index is 10.4. The number of carbonyl (C=O) groups is 1. The van der Waals surface area contributed by atoms with Gasteiger partial charge < -0.3 is 20.1 Å². The van der Waals surface area contributed by atoms with Crippen molar-refractivity contribution in [3.05, 3.63) is 0 Å². The van der Waals surface area contributed by atoms with E-state index >= 15 is 0 Å². The first-order valence-corrected chi connectivity index (χ1v) is 3.76. The highest BCUT2D eigenvalue weighted by Gasteiger charge is 2.37. The number of aliphatic hydroxyl groups is 2. The third-order valence-electron chi connectivity index (χ3n) is 1.99. The van der Waals surface area contributed by atoms with E-state index in [1.165, 1.54) is 6.92 Å². The Kier molecular flexibility index (Phi) is 2.66. The summed E-state index contributed by atoms with van der Waals surface area (Å²) in [5, 5.41) is 26.9. The molecule has 12 heavy (non-hydrogen) atoms. The molecular weight excluding hydrogens is 164 g/mol. The molecule has 0 aromatic rings. The lowest BCUT2D eigenvalue weighted by Crippen LogP contribution is -2.49.